The number of nitrogens with two attached hydrogens (primary N) is 1. The molecule has 0 aliphatic heterocycles. The minimum atomic E-state index is -0.196. The van der Waals surface area contributed by atoms with Crippen LogP contribution in [0.25, 0.3) is 0 Å². The molecular formula is C12H22N2O. The van der Waals surface area contributed by atoms with Crippen molar-refractivity contribution in [2.24, 2.45) is 17.1 Å². The van der Waals surface area contributed by atoms with Gasteiger partial charge in [-0.25, -0.2) is 0 Å². The van der Waals surface area contributed by atoms with Crippen LogP contribution in [-0.4, -0.2) is 29.9 Å². The average Bonchev–Trinajstić information content (AvgIpc) is 2.97. The lowest BCUT2D eigenvalue weighted by atomic mass is 9.62. The van der Waals surface area contributed by atoms with Gasteiger partial charge < -0.3 is 10.6 Å². The lowest BCUT2D eigenvalue weighted by molar-refractivity contribution is -0.150. The Hall–Kier alpha value is -0.570. The molecule has 0 saturated heterocycles. The monoisotopic (exact) mass is 210 g/mol. The summed E-state index contributed by atoms with van der Waals surface area (Å²) in [6.07, 6.45) is 4.36. The van der Waals surface area contributed by atoms with Gasteiger partial charge in [0.1, 0.15) is 0 Å². The maximum atomic E-state index is 12.4. The number of nitrogens with zero attached hydrogens (tertiary/aromatic N) is 1. The van der Waals surface area contributed by atoms with Gasteiger partial charge in [-0.15, -0.1) is 0 Å². The molecule has 2 saturated carbocycles. The molecule has 1 amide bonds. The first kappa shape index (κ1) is 10.9. The molecule has 0 aromatic heterocycles. The van der Waals surface area contributed by atoms with Crippen molar-refractivity contribution in [3.63, 3.8) is 0 Å². The molecule has 0 unspecified atom stereocenters. The van der Waals surface area contributed by atoms with Crippen molar-refractivity contribution >= 4 is 5.91 Å². The van der Waals surface area contributed by atoms with Crippen molar-refractivity contribution in [1.29, 1.82) is 0 Å². The van der Waals surface area contributed by atoms with Gasteiger partial charge in [-0.3, -0.25) is 4.79 Å². The first-order valence-electron chi connectivity index (χ1n) is 6.14. The quantitative estimate of drug-likeness (QED) is 0.762. The lowest BCUT2D eigenvalue weighted by Crippen LogP contribution is -2.55. The highest BCUT2D eigenvalue weighted by Crippen LogP contribution is 2.47. The summed E-state index contributed by atoms with van der Waals surface area (Å²) in [5.74, 6) is 1.00. The third-order valence-electron chi connectivity index (χ3n) is 3.91. The van der Waals surface area contributed by atoms with Gasteiger partial charge in [0.2, 0.25) is 5.91 Å². The van der Waals surface area contributed by atoms with Crippen molar-refractivity contribution in [1.82, 2.24) is 4.90 Å². The van der Waals surface area contributed by atoms with E-state index in [0.717, 1.165) is 19.4 Å². The molecule has 3 nitrogen and oxygen atoms in total. The summed E-state index contributed by atoms with van der Waals surface area (Å²) >= 11 is 0. The molecule has 0 radical (unpaired) electrons. The second kappa shape index (κ2) is 3.78. The molecule has 0 heterocycles. The molecule has 2 N–H and O–H groups in total. The molecule has 3 heteroatoms. The summed E-state index contributed by atoms with van der Waals surface area (Å²) in [5, 5.41) is 0. The smallest absolute Gasteiger partial charge is 0.230 e. The second-order valence-electron chi connectivity index (χ2n) is 5.32. The maximum absolute atomic E-state index is 12.4. The van der Waals surface area contributed by atoms with E-state index in [1.165, 1.54) is 12.8 Å². The van der Waals surface area contributed by atoms with Crippen molar-refractivity contribution in [2.45, 2.75) is 45.6 Å². The highest BCUT2D eigenvalue weighted by Gasteiger charge is 2.50. The van der Waals surface area contributed by atoms with Gasteiger partial charge in [0, 0.05) is 19.1 Å². The van der Waals surface area contributed by atoms with Crippen LogP contribution < -0.4 is 5.73 Å². The third kappa shape index (κ3) is 1.78. The van der Waals surface area contributed by atoms with Crippen molar-refractivity contribution in [2.75, 3.05) is 13.1 Å². The number of hydrogen-bond donors (Lipinski definition) is 1. The number of rotatable bonds is 4. The van der Waals surface area contributed by atoms with E-state index >= 15 is 0 Å². The Bertz CT molecular complexity index is 254. The van der Waals surface area contributed by atoms with Crippen LogP contribution in [0.1, 0.15) is 39.5 Å². The standard InChI is InChI=1S/C12H22N2O/c1-3-14(10-4-5-10)11(15)12(8-13)6-9(2)7-12/h9-10H,3-8,13H2,1-2H3. The summed E-state index contributed by atoms with van der Waals surface area (Å²) in [4.78, 5) is 14.4. The van der Waals surface area contributed by atoms with Crippen molar-refractivity contribution < 1.29 is 4.79 Å². The highest BCUT2D eigenvalue weighted by atomic mass is 16.2. The maximum Gasteiger partial charge on any atom is 0.230 e. The fraction of sp³-hybridized carbons (Fsp3) is 0.917. The number of amides is 1. The third-order valence-corrected chi connectivity index (χ3v) is 3.91. The second-order valence-corrected chi connectivity index (χ2v) is 5.32. The van der Waals surface area contributed by atoms with Gasteiger partial charge in [-0.1, -0.05) is 6.92 Å². The highest BCUT2D eigenvalue weighted by molar-refractivity contribution is 5.84. The molecule has 2 rings (SSSR count). The SMILES string of the molecule is CCN(C(=O)C1(CN)CC(C)C1)C1CC1. The first-order valence-corrected chi connectivity index (χ1v) is 6.14. The molecular weight excluding hydrogens is 188 g/mol. The van der Waals surface area contributed by atoms with Gasteiger partial charge in [-0.2, -0.15) is 0 Å². The van der Waals surface area contributed by atoms with E-state index in [1.54, 1.807) is 0 Å². The van der Waals surface area contributed by atoms with Crippen LogP contribution in [-0.2, 0) is 4.79 Å². The Kier molecular flexibility index (Phi) is 2.75. The molecule has 0 atom stereocenters. The van der Waals surface area contributed by atoms with E-state index < -0.39 is 0 Å². The number of hydrogen-bond acceptors (Lipinski definition) is 2. The van der Waals surface area contributed by atoms with Crippen LogP contribution in [0.15, 0.2) is 0 Å². The largest absolute Gasteiger partial charge is 0.339 e. The van der Waals surface area contributed by atoms with E-state index in [0.29, 0.717) is 24.4 Å². The average molecular weight is 210 g/mol. The Morgan fingerprint density at radius 1 is 1.47 bits per heavy atom. The zero-order valence-electron chi connectivity index (χ0n) is 9.83. The van der Waals surface area contributed by atoms with Crippen LogP contribution in [0.4, 0.5) is 0 Å². The minimum Gasteiger partial charge on any atom is -0.339 e. The lowest BCUT2D eigenvalue weighted by Gasteiger charge is -2.46. The Morgan fingerprint density at radius 3 is 2.40 bits per heavy atom. The van der Waals surface area contributed by atoms with Gasteiger partial charge in [0.25, 0.3) is 0 Å². The Morgan fingerprint density at radius 2 is 2.07 bits per heavy atom. The van der Waals surface area contributed by atoms with Crippen LogP contribution in [0, 0.1) is 11.3 Å². The molecule has 86 valence electrons. The topological polar surface area (TPSA) is 46.3 Å². The normalized spacial score (nSPS) is 34.7. The minimum absolute atomic E-state index is 0.196. The van der Waals surface area contributed by atoms with Crippen LogP contribution >= 0.6 is 0 Å². The summed E-state index contributed by atoms with van der Waals surface area (Å²) < 4.78 is 0. The van der Waals surface area contributed by atoms with E-state index in [9.17, 15) is 4.79 Å². The zero-order chi connectivity index (χ0) is 11.1. The fourth-order valence-corrected chi connectivity index (χ4v) is 2.96. The zero-order valence-corrected chi connectivity index (χ0v) is 9.83. The number of carbonyl (C=O) groups is 1. The molecule has 0 aromatic carbocycles. The van der Waals surface area contributed by atoms with E-state index in [1.807, 2.05) is 0 Å². The Labute approximate surface area is 92.0 Å². The number of carbonyl (C=O) groups excluding carboxylic acids is 1. The van der Waals surface area contributed by atoms with Crippen molar-refractivity contribution in [3.8, 4) is 0 Å². The molecule has 0 spiro atoms. The van der Waals surface area contributed by atoms with E-state index in [4.69, 9.17) is 5.73 Å². The molecule has 2 aliphatic rings. The van der Waals surface area contributed by atoms with Gasteiger partial charge >= 0.3 is 0 Å². The van der Waals surface area contributed by atoms with Gasteiger partial charge in [-0.05, 0) is 38.5 Å². The van der Waals surface area contributed by atoms with Crippen LogP contribution in [0.3, 0.4) is 0 Å². The summed E-state index contributed by atoms with van der Waals surface area (Å²) in [6, 6.07) is 0.529. The molecule has 2 aliphatic carbocycles. The molecule has 0 bridgehead atoms. The molecule has 2 fully saturated rings. The molecule has 0 aromatic rings. The predicted octanol–water partition coefficient (Wildman–Crippen LogP) is 1.37. The fourth-order valence-electron chi connectivity index (χ4n) is 2.96. The van der Waals surface area contributed by atoms with E-state index in [-0.39, 0.29) is 5.41 Å². The first-order chi connectivity index (χ1) is 7.13. The van der Waals surface area contributed by atoms with Crippen LogP contribution in [0.5, 0.6) is 0 Å². The van der Waals surface area contributed by atoms with Gasteiger partial charge in [0.05, 0.1) is 5.41 Å². The predicted molar refractivity (Wildman–Crippen MR) is 60.3 cm³/mol. The Balaban J connectivity index is 2.04. The van der Waals surface area contributed by atoms with E-state index in [2.05, 4.69) is 18.7 Å². The summed E-state index contributed by atoms with van der Waals surface area (Å²) in [5.41, 5.74) is 5.60. The van der Waals surface area contributed by atoms with Crippen molar-refractivity contribution in [3.05, 3.63) is 0 Å². The van der Waals surface area contributed by atoms with Crippen LogP contribution in [0.2, 0.25) is 0 Å². The molecule has 15 heavy (non-hydrogen) atoms. The summed E-state index contributed by atoms with van der Waals surface area (Å²) in [7, 11) is 0. The van der Waals surface area contributed by atoms with Gasteiger partial charge in [0.15, 0.2) is 0 Å². The summed E-state index contributed by atoms with van der Waals surface area (Å²) in [6.45, 7) is 5.65.